The zero-order valence-corrected chi connectivity index (χ0v) is 16.4. The van der Waals surface area contributed by atoms with Crippen LogP contribution in [-0.4, -0.2) is 34.9 Å². The van der Waals surface area contributed by atoms with Crippen LogP contribution in [0.4, 0.5) is 0 Å². The summed E-state index contributed by atoms with van der Waals surface area (Å²) in [6.45, 7) is 3.54. The Morgan fingerprint density at radius 2 is 1.93 bits per heavy atom. The Kier molecular flexibility index (Phi) is 5.11. The Bertz CT molecular complexity index is 1000. The van der Waals surface area contributed by atoms with Crippen molar-refractivity contribution in [3.63, 3.8) is 0 Å². The van der Waals surface area contributed by atoms with Gasteiger partial charge in [0.25, 0.3) is 5.72 Å². The van der Waals surface area contributed by atoms with Crippen molar-refractivity contribution in [2.75, 3.05) is 13.2 Å². The molecule has 2 aromatic carbocycles. The molecule has 0 aliphatic carbocycles. The van der Waals surface area contributed by atoms with Crippen LogP contribution in [0.1, 0.15) is 12.8 Å². The molecule has 1 atom stereocenters. The van der Waals surface area contributed by atoms with Crippen LogP contribution in [0.15, 0.2) is 74.0 Å². The van der Waals surface area contributed by atoms with Crippen LogP contribution >= 0.6 is 11.8 Å². The van der Waals surface area contributed by atoms with Gasteiger partial charge in [-0.05, 0) is 30.3 Å². The van der Waals surface area contributed by atoms with Gasteiger partial charge in [0, 0.05) is 29.2 Å². The lowest BCUT2D eigenvalue weighted by molar-refractivity contribution is -0.00264. The Morgan fingerprint density at radius 3 is 2.57 bits per heavy atom. The van der Waals surface area contributed by atoms with E-state index in [4.69, 9.17) is 13.9 Å². The fraction of sp³-hybridized carbons (Fsp3) is 0.238. The van der Waals surface area contributed by atoms with E-state index in [9.17, 15) is 5.11 Å². The number of hydrogen-bond donors (Lipinski definition) is 1. The summed E-state index contributed by atoms with van der Waals surface area (Å²) in [7, 11) is 0. The average molecular weight is 396 g/mol. The summed E-state index contributed by atoms with van der Waals surface area (Å²) >= 11 is 1.64. The third-order valence-corrected chi connectivity index (χ3v) is 5.34. The summed E-state index contributed by atoms with van der Waals surface area (Å²) in [5.74, 6) is 1.78. The van der Waals surface area contributed by atoms with Crippen molar-refractivity contribution < 1.29 is 19.0 Å². The van der Waals surface area contributed by atoms with Gasteiger partial charge < -0.3 is 19.0 Å². The fourth-order valence-electron chi connectivity index (χ4n) is 2.91. The van der Waals surface area contributed by atoms with Crippen molar-refractivity contribution in [2.45, 2.75) is 29.4 Å². The highest BCUT2D eigenvalue weighted by atomic mass is 32.2. The SMILES string of the molecule is CC1=NC(CO)(Oc2ccc(Sc3ccccc3-c3coc(C)n3)cc2)CO1. The number of nitrogens with zero attached hydrogens (tertiary/aromatic N) is 2. The van der Waals surface area contributed by atoms with Crippen LogP contribution in [-0.2, 0) is 4.74 Å². The Morgan fingerprint density at radius 1 is 1.14 bits per heavy atom. The van der Waals surface area contributed by atoms with E-state index in [0.717, 1.165) is 21.0 Å². The predicted octanol–water partition coefficient (Wildman–Crippen LogP) is 4.32. The van der Waals surface area contributed by atoms with E-state index in [1.54, 1.807) is 24.9 Å². The fourth-order valence-corrected chi connectivity index (χ4v) is 3.87. The molecule has 0 amide bonds. The molecule has 2 heterocycles. The number of aliphatic imine (C=N–C) groups is 1. The van der Waals surface area contributed by atoms with E-state index in [1.807, 2.05) is 49.4 Å². The summed E-state index contributed by atoms with van der Waals surface area (Å²) in [5, 5.41) is 9.66. The van der Waals surface area contributed by atoms with Crippen molar-refractivity contribution in [2.24, 2.45) is 4.99 Å². The van der Waals surface area contributed by atoms with Gasteiger partial charge in [0.15, 0.2) is 18.4 Å². The van der Waals surface area contributed by atoms with Gasteiger partial charge in [-0.1, -0.05) is 30.0 Å². The Balaban J connectivity index is 1.52. The number of oxazole rings is 1. The van der Waals surface area contributed by atoms with Gasteiger partial charge in [0.05, 0.1) is 0 Å². The molecular formula is C21H20N2O4S. The minimum atomic E-state index is -1.06. The molecule has 1 aliphatic rings. The van der Waals surface area contributed by atoms with Crippen molar-refractivity contribution in [3.05, 3.63) is 60.7 Å². The Hall–Kier alpha value is -2.77. The maximum atomic E-state index is 9.66. The third kappa shape index (κ3) is 3.90. The highest BCUT2D eigenvalue weighted by Crippen LogP contribution is 2.36. The monoisotopic (exact) mass is 396 g/mol. The third-order valence-electron chi connectivity index (χ3n) is 4.26. The van der Waals surface area contributed by atoms with Crippen LogP contribution in [0.25, 0.3) is 11.3 Å². The molecule has 4 rings (SSSR count). The average Bonchev–Trinajstić information content (AvgIpc) is 3.30. The first-order valence-electron chi connectivity index (χ1n) is 8.85. The van der Waals surface area contributed by atoms with E-state index in [2.05, 4.69) is 16.0 Å². The number of hydrogen-bond acceptors (Lipinski definition) is 7. The molecule has 0 radical (unpaired) electrons. The molecule has 1 unspecified atom stereocenters. The van der Waals surface area contributed by atoms with Gasteiger partial charge in [-0.3, -0.25) is 0 Å². The summed E-state index contributed by atoms with van der Waals surface area (Å²) in [5.41, 5.74) is 0.785. The number of ether oxygens (including phenoxy) is 2. The number of benzene rings is 2. The Labute approximate surface area is 167 Å². The van der Waals surface area contributed by atoms with E-state index in [1.165, 1.54) is 0 Å². The van der Waals surface area contributed by atoms with E-state index in [0.29, 0.717) is 17.5 Å². The maximum Gasteiger partial charge on any atom is 0.259 e. The van der Waals surface area contributed by atoms with Crippen LogP contribution in [0.5, 0.6) is 5.75 Å². The molecule has 7 heteroatoms. The number of aromatic nitrogens is 1. The molecule has 0 fully saturated rings. The van der Waals surface area contributed by atoms with Crippen LogP contribution in [0.2, 0.25) is 0 Å². The van der Waals surface area contributed by atoms with Crippen LogP contribution in [0.3, 0.4) is 0 Å². The molecule has 144 valence electrons. The molecule has 1 aliphatic heterocycles. The molecule has 0 spiro atoms. The second-order valence-corrected chi connectivity index (χ2v) is 7.56. The van der Waals surface area contributed by atoms with Crippen molar-refractivity contribution in [3.8, 4) is 17.0 Å². The van der Waals surface area contributed by atoms with Crippen molar-refractivity contribution in [1.82, 2.24) is 4.98 Å². The molecule has 28 heavy (non-hydrogen) atoms. The standard InChI is InChI=1S/C21H20N2O4S/c1-14-22-19(11-25-14)18-5-3-4-6-20(18)28-17-9-7-16(8-10-17)27-21(12-24)13-26-15(2)23-21/h3-11,24H,12-13H2,1-2H3. The lowest BCUT2D eigenvalue weighted by atomic mass is 10.2. The zero-order chi connectivity index (χ0) is 19.6. The lowest BCUT2D eigenvalue weighted by Crippen LogP contribution is -2.39. The largest absolute Gasteiger partial charge is 0.475 e. The van der Waals surface area contributed by atoms with Gasteiger partial charge in [-0.25, -0.2) is 9.98 Å². The molecule has 1 aromatic heterocycles. The van der Waals surface area contributed by atoms with E-state index >= 15 is 0 Å². The van der Waals surface area contributed by atoms with Gasteiger partial charge in [0.1, 0.15) is 24.3 Å². The molecule has 0 saturated carbocycles. The first kappa shape index (κ1) is 18.6. The number of aliphatic hydroxyl groups excluding tert-OH is 1. The smallest absolute Gasteiger partial charge is 0.259 e. The van der Waals surface area contributed by atoms with Crippen molar-refractivity contribution >= 4 is 17.7 Å². The maximum absolute atomic E-state index is 9.66. The quantitative estimate of drug-likeness (QED) is 0.669. The zero-order valence-electron chi connectivity index (χ0n) is 15.6. The van der Waals surface area contributed by atoms with Gasteiger partial charge >= 0.3 is 0 Å². The lowest BCUT2D eigenvalue weighted by Gasteiger charge is -2.23. The predicted molar refractivity (Wildman–Crippen MR) is 107 cm³/mol. The molecule has 0 bridgehead atoms. The molecular weight excluding hydrogens is 376 g/mol. The normalized spacial score (nSPS) is 18.6. The highest BCUT2D eigenvalue weighted by molar-refractivity contribution is 7.99. The molecule has 6 nitrogen and oxygen atoms in total. The number of aliphatic hydroxyl groups is 1. The summed E-state index contributed by atoms with van der Waals surface area (Å²) in [4.78, 5) is 10.8. The van der Waals surface area contributed by atoms with Gasteiger partial charge in [0.2, 0.25) is 0 Å². The number of rotatable bonds is 6. The minimum absolute atomic E-state index is 0.205. The highest BCUT2D eigenvalue weighted by Gasteiger charge is 2.37. The van der Waals surface area contributed by atoms with E-state index in [-0.39, 0.29) is 13.2 Å². The first-order valence-corrected chi connectivity index (χ1v) is 9.67. The minimum Gasteiger partial charge on any atom is -0.475 e. The van der Waals surface area contributed by atoms with Crippen LogP contribution in [0, 0.1) is 6.92 Å². The molecule has 1 N–H and O–H groups in total. The summed E-state index contributed by atoms with van der Waals surface area (Å²) in [6.07, 6.45) is 1.67. The number of aryl methyl sites for hydroxylation is 1. The summed E-state index contributed by atoms with van der Waals surface area (Å²) in [6, 6.07) is 15.8. The molecule has 0 saturated heterocycles. The van der Waals surface area contributed by atoms with Crippen molar-refractivity contribution in [1.29, 1.82) is 0 Å². The second-order valence-electron chi connectivity index (χ2n) is 6.45. The topological polar surface area (TPSA) is 77.1 Å². The second kappa shape index (κ2) is 7.69. The summed E-state index contributed by atoms with van der Waals surface area (Å²) < 4.78 is 16.6. The molecule has 3 aromatic rings. The van der Waals surface area contributed by atoms with Gasteiger partial charge in [-0.15, -0.1) is 0 Å². The first-order chi connectivity index (χ1) is 13.6. The van der Waals surface area contributed by atoms with Gasteiger partial charge in [-0.2, -0.15) is 0 Å². The van der Waals surface area contributed by atoms with Crippen LogP contribution < -0.4 is 4.74 Å². The van der Waals surface area contributed by atoms with E-state index < -0.39 is 5.72 Å².